The molecule has 0 saturated heterocycles. The Balaban J connectivity index is 2.65. The molecule has 5 nitrogen and oxygen atoms in total. The third-order valence-corrected chi connectivity index (χ3v) is 3.11. The minimum Gasteiger partial charge on any atom is -0.393 e. The van der Waals surface area contributed by atoms with Crippen LogP contribution in [0.15, 0.2) is 11.6 Å². The van der Waals surface area contributed by atoms with Crippen molar-refractivity contribution in [2.75, 3.05) is 0 Å². The molecule has 5 heteroatoms. The summed E-state index contributed by atoms with van der Waals surface area (Å²) in [6, 6.07) is 0. The predicted octanol–water partition coefficient (Wildman–Crippen LogP) is 0.888. The van der Waals surface area contributed by atoms with Gasteiger partial charge in [-0.1, -0.05) is 6.08 Å². The molecule has 1 aliphatic rings. The number of ether oxygens (including phenoxy) is 1. The van der Waals surface area contributed by atoms with Gasteiger partial charge in [0.25, 0.3) is 0 Å². The molecule has 112 valence electrons. The van der Waals surface area contributed by atoms with Crippen molar-refractivity contribution in [2.24, 2.45) is 0 Å². The van der Waals surface area contributed by atoms with Gasteiger partial charge in [-0.25, -0.2) is 0 Å². The maximum Gasteiger partial charge on any atom is 0.214 e. The average molecular weight is 273 g/mol. The van der Waals surface area contributed by atoms with E-state index in [1.807, 2.05) is 27.7 Å². The van der Waals surface area contributed by atoms with Crippen LogP contribution < -0.4 is 5.32 Å². The lowest BCUT2D eigenvalue weighted by molar-refractivity contribution is -0.158. The van der Waals surface area contributed by atoms with Crippen LogP contribution in [0, 0.1) is 0 Å². The van der Waals surface area contributed by atoms with Crippen molar-refractivity contribution >= 4 is 0 Å². The van der Waals surface area contributed by atoms with Crippen LogP contribution in [0.1, 0.15) is 47.0 Å². The lowest BCUT2D eigenvalue weighted by Crippen LogP contribution is -2.46. The summed E-state index contributed by atoms with van der Waals surface area (Å²) in [7, 11) is 0. The van der Waals surface area contributed by atoms with Crippen molar-refractivity contribution in [2.45, 2.75) is 77.2 Å². The van der Waals surface area contributed by atoms with E-state index in [0.29, 0.717) is 19.3 Å². The van der Waals surface area contributed by atoms with Crippen LogP contribution in [0.3, 0.4) is 0 Å². The lowest BCUT2D eigenvalue weighted by atomic mass is 9.95. The predicted molar refractivity (Wildman–Crippen MR) is 73.4 cm³/mol. The van der Waals surface area contributed by atoms with E-state index in [4.69, 9.17) is 4.74 Å². The minimum absolute atomic E-state index is 0.266. The molecule has 0 fully saturated rings. The topological polar surface area (TPSA) is 82.0 Å². The second-order valence-corrected chi connectivity index (χ2v) is 6.31. The third-order valence-electron chi connectivity index (χ3n) is 3.11. The van der Waals surface area contributed by atoms with Gasteiger partial charge in [0.1, 0.15) is 0 Å². The Labute approximate surface area is 115 Å². The summed E-state index contributed by atoms with van der Waals surface area (Å²) in [5.41, 5.74) is 0.553. The molecule has 4 atom stereocenters. The molecule has 1 aliphatic carbocycles. The number of aliphatic hydroxyl groups is 3. The van der Waals surface area contributed by atoms with E-state index in [2.05, 4.69) is 5.32 Å². The van der Waals surface area contributed by atoms with Crippen molar-refractivity contribution in [1.29, 1.82) is 0 Å². The van der Waals surface area contributed by atoms with Crippen molar-refractivity contribution in [3.63, 3.8) is 0 Å². The second-order valence-electron chi connectivity index (χ2n) is 6.31. The zero-order chi connectivity index (χ0) is 14.6. The highest BCUT2D eigenvalue weighted by molar-refractivity contribution is 5.09. The number of aliphatic hydroxyl groups excluding tert-OH is 3. The standard InChI is InChI=1S/C14H27NO4/c1-9-7-11(8-10(16)5-6-12(9)17)19-13(18)15-14(2,3)4/h7,10-13,15-18H,5-6,8H2,1-4H3/b9-7+. The van der Waals surface area contributed by atoms with Crippen molar-refractivity contribution in [3.05, 3.63) is 11.6 Å². The Morgan fingerprint density at radius 2 is 1.95 bits per heavy atom. The summed E-state index contributed by atoms with van der Waals surface area (Å²) in [6.07, 6.45) is 0.717. The smallest absolute Gasteiger partial charge is 0.214 e. The highest BCUT2D eigenvalue weighted by Crippen LogP contribution is 2.20. The first-order valence-corrected chi connectivity index (χ1v) is 6.83. The number of rotatable bonds is 3. The molecule has 0 aromatic carbocycles. The largest absolute Gasteiger partial charge is 0.393 e. The summed E-state index contributed by atoms with van der Waals surface area (Å²) in [5, 5.41) is 32.4. The molecule has 0 amide bonds. The van der Waals surface area contributed by atoms with Crippen molar-refractivity contribution < 1.29 is 20.1 Å². The fraction of sp³-hybridized carbons (Fsp3) is 0.857. The molecule has 0 saturated carbocycles. The highest BCUT2D eigenvalue weighted by Gasteiger charge is 2.24. The maximum absolute atomic E-state index is 9.83. The molecule has 0 aromatic rings. The van der Waals surface area contributed by atoms with E-state index in [1.54, 1.807) is 6.08 Å². The van der Waals surface area contributed by atoms with Crippen LogP contribution in [0.25, 0.3) is 0 Å². The summed E-state index contributed by atoms with van der Waals surface area (Å²) in [5.74, 6) is 0. The van der Waals surface area contributed by atoms with E-state index in [1.165, 1.54) is 0 Å². The minimum atomic E-state index is -1.10. The molecule has 0 aromatic heterocycles. The van der Waals surface area contributed by atoms with Gasteiger partial charge in [0, 0.05) is 12.0 Å². The van der Waals surface area contributed by atoms with Crippen LogP contribution in [0.2, 0.25) is 0 Å². The highest BCUT2D eigenvalue weighted by atomic mass is 16.6. The van der Waals surface area contributed by atoms with Gasteiger partial charge < -0.3 is 20.1 Å². The first-order valence-electron chi connectivity index (χ1n) is 6.83. The van der Waals surface area contributed by atoms with Crippen LogP contribution in [0.5, 0.6) is 0 Å². The number of nitrogens with one attached hydrogen (secondary N) is 1. The molecule has 4 unspecified atom stereocenters. The second kappa shape index (κ2) is 6.81. The molecule has 0 heterocycles. The zero-order valence-electron chi connectivity index (χ0n) is 12.3. The van der Waals surface area contributed by atoms with Gasteiger partial charge in [-0.15, -0.1) is 0 Å². The Morgan fingerprint density at radius 3 is 2.53 bits per heavy atom. The van der Waals surface area contributed by atoms with E-state index in [9.17, 15) is 15.3 Å². The molecule has 0 bridgehead atoms. The van der Waals surface area contributed by atoms with E-state index in [-0.39, 0.29) is 5.54 Å². The Hall–Kier alpha value is -0.460. The SMILES string of the molecule is C/C1=C\C(OC(O)NC(C)(C)C)CC(O)CCC1O. The summed E-state index contributed by atoms with van der Waals surface area (Å²) in [4.78, 5) is 0. The number of hydrogen-bond donors (Lipinski definition) is 4. The first kappa shape index (κ1) is 16.6. The van der Waals surface area contributed by atoms with Crippen molar-refractivity contribution in [3.8, 4) is 0 Å². The third kappa shape index (κ3) is 6.49. The fourth-order valence-electron chi connectivity index (χ4n) is 2.10. The number of hydrogen-bond acceptors (Lipinski definition) is 5. The van der Waals surface area contributed by atoms with Crippen LogP contribution >= 0.6 is 0 Å². The Bertz CT molecular complexity index is 311. The summed E-state index contributed by atoms with van der Waals surface area (Å²) >= 11 is 0. The van der Waals surface area contributed by atoms with E-state index < -0.39 is 24.7 Å². The normalized spacial score (nSPS) is 34.1. The van der Waals surface area contributed by atoms with E-state index in [0.717, 1.165) is 5.57 Å². The van der Waals surface area contributed by atoms with Crippen molar-refractivity contribution in [1.82, 2.24) is 5.32 Å². The molecule has 0 aliphatic heterocycles. The van der Waals surface area contributed by atoms with Gasteiger partial charge in [0.05, 0.1) is 18.3 Å². The van der Waals surface area contributed by atoms with Gasteiger partial charge in [-0.3, -0.25) is 5.32 Å². The van der Waals surface area contributed by atoms with Gasteiger partial charge in [-0.05, 0) is 46.1 Å². The summed E-state index contributed by atoms with van der Waals surface area (Å²) in [6.45, 7) is 7.62. The van der Waals surface area contributed by atoms with Gasteiger partial charge in [0.15, 0.2) is 0 Å². The van der Waals surface area contributed by atoms with Crippen LogP contribution in [0.4, 0.5) is 0 Å². The van der Waals surface area contributed by atoms with Gasteiger partial charge in [0.2, 0.25) is 6.41 Å². The van der Waals surface area contributed by atoms with Crippen LogP contribution in [-0.4, -0.2) is 45.6 Å². The molecular weight excluding hydrogens is 246 g/mol. The molecule has 4 N–H and O–H groups in total. The summed E-state index contributed by atoms with van der Waals surface area (Å²) < 4.78 is 5.49. The maximum atomic E-state index is 9.83. The Kier molecular flexibility index (Phi) is 5.95. The van der Waals surface area contributed by atoms with Gasteiger partial charge in [-0.2, -0.15) is 0 Å². The Morgan fingerprint density at radius 1 is 1.32 bits per heavy atom. The molecule has 19 heavy (non-hydrogen) atoms. The quantitative estimate of drug-likeness (QED) is 0.453. The van der Waals surface area contributed by atoms with Gasteiger partial charge >= 0.3 is 0 Å². The lowest BCUT2D eigenvalue weighted by Gasteiger charge is -2.29. The average Bonchev–Trinajstić information content (AvgIpc) is 2.21. The molecular formula is C14H27NO4. The zero-order valence-corrected chi connectivity index (χ0v) is 12.3. The van der Waals surface area contributed by atoms with E-state index >= 15 is 0 Å². The molecule has 0 spiro atoms. The monoisotopic (exact) mass is 273 g/mol. The fourth-order valence-corrected chi connectivity index (χ4v) is 2.10. The first-order chi connectivity index (χ1) is 8.67. The molecule has 0 radical (unpaired) electrons. The van der Waals surface area contributed by atoms with Crippen LogP contribution in [-0.2, 0) is 4.74 Å². The molecule has 1 rings (SSSR count).